The molecule has 0 bridgehead atoms. The van der Waals surface area contributed by atoms with Crippen LogP contribution in [-0.4, -0.2) is 35.2 Å². The van der Waals surface area contributed by atoms with Crippen LogP contribution in [0.4, 0.5) is 0 Å². The van der Waals surface area contributed by atoms with Crippen molar-refractivity contribution in [1.82, 2.24) is 5.32 Å². The van der Waals surface area contributed by atoms with Crippen LogP contribution in [0.15, 0.2) is 0 Å². The van der Waals surface area contributed by atoms with Gasteiger partial charge in [-0.25, -0.2) is 0 Å². The van der Waals surface area contributed by atoms with E-state index in [9.17, 15) is 4.79 Å². The largest absolute Gasteiger partial charge is 0.375 e. The molecule has 0 aromatic rings. The third-order valence-corrected chi connectivity index (χ3v) is 8.14. The fraction of sp³-hybridized carbons (Fsp3) is 0.957. The Bertz CT molecular complexity index is 396. The SMILES string of the molecule is CCCNC(=O)CCC(CC)(CC)OCCC(CC)(CC)SCC(C)(C)C. The molecule has 0 radical (unpaired) electrons. The molecular weight excluding hydrogens is 354 g/mol. The van der Waals surface area contributed by atoms with Crippen LogP contribution >= 0.6 is 11.8 Å². The van der Waals surface area contributed by atoms with Gasteiger partial charge in [0.05, 0.1) is 5.60 Å². The minimum absolute atomic E-state index is 0.156. The Labute approximate surface area is 174 Å². The number of ether oxygens (including phenoxy) is 1. The molecule has 0 rings (SSSR count). The molecule has 1 amide bonds. The van der Waals surface area contributed by atoms with Crippen LogP contribution in [-0.2, 0) is 9.53 Å². The molecule has 0 aromatic heterocycles. The maximum absolute atomic E-state index is 12.0. The number of thioether (sulfide) groups is 1. The molecule has 27 heavy (non-hydrogen) atoms. The summed E-state index contributed by atoms with van der Waals surface area (Å²) >= 11 is 2.12. The Morgan fingerprint density at radius 2 is 1.52 bits per heavy atom. The first-order valence-electron chi connectivity index (χ1n) is 11.2. The van der Waals surface area contributed by atoms with Gasteiger partial charge in [-0.2, -0.15) is 11.8 Å². The van der Waals surface area contributed by atoms with Crippen molar-refractivity contribution in [2.24, 2.45) is 5.41 Å². The van der Waals surface area contributed by atoms with Gasteiger partial charge >= 0.3 is 0 Å². The second kappa shape index (κ2) is 13.1. The Hall–Kier alpha value is -0.220. The Morgan fingerprint density at radius 1 is 0.926 bits per heavy atom. The average Bonchev–Trinajstić information content (AvgIpc) is 2.65. The normalized spacial score (nSPS) is 13.0. The zero-order chi connectivity index (χ0) is 21.0. The van der Waals surface area contributed by atoms with E-state index in [2.05, 4.69) is 72.5 Å². The van der Waals surface area contributed by atoms with Crippen LogP contribution in [0, 0.1) is 5.41 Å². The Balaban J connectivity index is 4.74. The summed E-state index contributed by atoms with van der Waals surface area (Å²) in [6, 6.07) is 0. The van der Waals surface area contributed by atoms with Gasteiger partial charge in [-0.15, -0.1) is 0 Å². The molecule has 0 aromatic carbocycles. The molecule has 0 atom stereocenters. The molecule has 0 saturated carbocycles. The van der Waals surface area contributed by atoms with E-state index >= 15 is 0 Å². The van der Waals surface area contributed by atoms with Gasteiger partial charge in [-0.3, -0.25) is 4.79 Å². The molecular formula is C23H47NO2S. The number of hydrogen-bond acceptors (Lipinski definition) is 3. The van der Waals surface area contributed by atoms with Gasteiger partial charge in [0.1, 0.15) is 0 Å². The fourth-order valence-corrected chi connectivity index (χ4v) is 4.65. The lowest BCUT2D eigenvalue weighted by molar-refractivity contribution is -0.124. The molecule has 0 fully saturated rings. The highest BCUT2D eigenvalue weighted by molar-refractivity contribution is 8.00. The van der Waals surface area contributed by atoms with Crippen molar-refractivity contribution in [3.05, 3.63) is 0 Å². The Kier molecular flexibility index (Phi) is 13.0. The van der Waals surface area contributed by atoms with Gasteiger partial charge in [0.15, 0.2) is 0 Å². The molecule has 0 saturated heterocycles. The smallest absolute Gasteiger partial charge is 0.220 e. The first-order chi connectivity index (χ1) is 12.6. The van der Waals surface area contributed by atoms with Crippen LogP contribution in [0.25, 0.3) is 0 Å². The molecule has 4 heteroatoms. The topological polar surface area (TPSA) is 38.3 Å². The summed E-state index contributed by atoms with van der Waals surface area (Å²) in [5.41, 5.74) is 0.190. The standard InChI is InChI=1S/C23H47NO2S/c1-9-17-24-20(25)14-15-22(10-2,11-3)26-18-16-23(12-4,13-5)27-19-21(6,7)8/h9-19H2,1-8H3,(H,24,25). The highest BCUT2D eigenvalue weighted by Gasteiger charge is 2.32. The summed E-state index contributed by atoms with van der Waals surface area (Å²) in [6.07, 6.45) is 7.73. The number of carbonyl (C=O) groups excluding carboxylic acids is 1. The third-order valence-electron chi connectivity index (χ3n) is 5.73. The van der Waals surface area contributed by atoms with E-state index in [4.69, 9.17) is 4.74 Å². The predicted octanol–water partition coefficient (Wildman–Crippen LogP) is 6.60. The van der Waals surface area contributed by atoms with Gasteiger partial charge in [0.25, 0.3) is 0 Å². The van der Waals surface area contributed by atoms with Crippen molar-refractivity contribution in [3.8, 4) is 0 Å². The van der Waals surface area contributed by atoms with Crippen LogP contribution in [0.2, 0.25) is 0 Å². The summed E-state index contributed by atoms with van der Waals surface area (Å²) in [7, 11) is 0. The van der Waals surface area contributed by atoms with E-state index in [0.29, 0.717) is 16.6 Å². The summed E-state index contributed by atoms with van der Waals surface area (Å²) in [5.74, 6) is 1.34. The van der Waals surface area contributed by atoms with Crippen molar-refractivity contribution in [3.63, 3.8) is 0 Å². The summed E-state index contributed by atoms with van der Waals surface area (Å²) in [6.45, 7) is 19.6. The number of amides is 1. The van der Waals surface area contributed by atoms with Crippen LogP contribution in [0.1, 0.15) is 107 Å². The van der Waals surface area contributed by atoms with E-state index in [1.54, 1.807) is 0 Å². The maximum atomic E-state index is 12.0. The predicted molar refractivity (Wildman–Crippen MR) is 122 cm³/mol. The minimum atomic E-state index is -0.161. The van der Waals surface area contributed by atoms with Crippen LogP contribution in [0.5, 0.6) is 0 Å². The molecule has 0 spiro atoms. The van der Waals surface area contributed by atoms with E-state index in [-0.39, 0.29) is 11.5 Å². The van der Waals surface area contributed by atoms with Gasteiger partial charge in [-0.1, -0.05) is 55.4 Å². The summed E-state index contributed by atoms with van der Waals surface area (Å²) < 4.78 is 6.79. The first-order valence-corrected chi connectivity index (χ1v) is 12.1. The number of carbonyl (C=O) groups is 1. The van der Waals surface area contributed by atoms with E-state index < -0.39 is 0 Å². The van der Waals surface area contributed by atoms with E-state index in [1.165, 1.54) is 18.6 Å². The lowest BCUT2D eigenvalue weighted by Gasteiger charge is -2.37. The zero-order valence-corrected chi connectivity index (χ0v) is 20.3. The lowest BCUT2D eigenvalue weighted by atomic mass is 9.90. The van der Waals surface area contributed by atoms with E-state index in [1.807, 2.05) is 0 Å². The number of nitrogens with one attached hydrogen (secondary N) is 1. The molecule has 0 unspecified atom stereocenters. The molecule has 0 aliphatic heterocycles. The van der Waals surface area contributed by atoms with Gasteiger partial charge in [0, 0.05) is 24.3 Å². The molecule has 3 nitrogen and oxygen atoms in total. The van der Waals surface area contributed by atoms with Gasteiger partial charge < -0.3 is 10.1 Å². The van der Waals surface area contributed by atoms with Crippen molar-refractivity contribution < 1.29 is 9.53 Å². The number of rotatable bonds is 15. The number of hydrogen-bond donors (Lipinski definition) is 1. The quantitative estimate of drug-likeness (QED) is 0.336. The summed E-state index contributed by atoms with van der Waals surface area (Å²) in [5, 5.41) is 2.98. The fourth-order valence-electron chi connectivity index (χ4n) is 3.28. The highest BCUT2D eigenvalue weighted by Crippen LogP contribution is 2.40. The molecule has 0 aliphatic carbocycles. The molecule has 0 heterocycles. The van der Waals surface area contributed by atoms with Crippen LogP contribution in [0.3, 0.4) is 0 Å². The monoisotopic (exact) mass is 401 g/mol. The summed E-state index contributed by atoms with van der Waals surface area (Å²) in [4.78, 5) is 12.0. The minimum Gasteiger partial charge on any atom is -0.375 e. The van der Waals surface area contributed by atoms with Crippen molar-refractivity contribution in [2.75, 3.05) is 18.9 Å². The van der Waals surface area contributed by atoms with Crippen molar-refractivity contribution in [2.45, 2.75) is 117 Å². The molecule has 162 valence electrons. The third kappa shape index (κ3) is 10.8. The van der Waals surface area contributed by atoms with Crippen LogP contribution < -0.4 is 5.32 Å². The van der Waals surface area contributed by atoms with Crippen molar-refractivity contribution in [1.29, 1.82) is 0 Å². The van der Waals surface area contributed by atoms with Crippen molar-refractivity contribution >= 4 is 17.7 Å². The second-order valence-electron chi connectivity index (χ2n) is 9.08. The lowest BCUT2D eigenvalue weighted by Crippen LogP contribution is -2.36. The van der Waals surface area contributed by atoms with Gasteiger partial charge in [0.2, 0.25) is 5.91 Å². The molecule has 0 aliphatic rings. The zero-order valence-electron chi connectivity index (χ0n) is 19.5. The van der Waals surface area contributed by atoms with E-state index in [0.717, 1.165) is 45.3 Å². The average molecular weight is 402 g/mol. The molecule has 1 N–H and O–H groups in total. The second-order valence-corrected chi connectivity index (χ2v) is 10.5. The first kappa shape index (κ1) is 26.8. The Morgan fingerprint density at radius 3 is 1.96 bits per heavy atom. The maximum Gasteiger partial charge on any atom is 0.220 e. The van der Waals surface area contributed by atoms with Gasteiger partial charge in [-0.05, 0) is 56.1 Å². The highest BCUT2D eigenvalue weighted by atomic mass is 32.2.